The van der Waals surface area contributed by atoms with Crippen LogP contribution >= 0.6 is 0 Å². The fraction of sp³-hybridized carbons (Fsp3) is 0.857. The van der Waals surface area contributed by atoms with Gasteiger partial charge in [0.15, 0.2) is 5.78 Å². The van der Waals surface area contributed by atoms with Crippen molar-refractivity contribution in [3.63, 3.8) is 0 Å². The third kappa shape index (κ3) is 9.16. The molecule has 0 saturated carbocycles. The number of ether oxygens (including phenoxy) is 1. The average molecular weight is 360 g/mol. The number of rotatable bonds is 5. The molecule has 0 rings (SSSR count). The van der Waals surface area contributed by atoms with E-state index in [-0.39, 0.29) is 50.6 Å². The van der Waals surface area contributed by atoms with E-state index in [1.165, 1.54) is 6.92 Å². The summed E-state index contributed by atoms with van der Waals surface area (Å²) in [6, 6.07) is -1.48. The topological polar surface area (TPSA) is 79.2 Å². The summed E-state index contributed by atoms with van der Waals surface area (Å²) >= 11 is 0. The van der Waals surface area contributed by atoms with Crippen molar-refractivity contribution in [3.05, 3.63) is 5.73 Å². The minimum atomic E-state index is -0.931. The summed E-state index contributed by atoms with van der Waals surface area (Å²) in [5.74, 6) is -0.615. The molecule has 2 unspecified atom stereocenters. The second-order valence-corrected chi connectivity index (χ2v) is 6.91. The van der Waals surface area contributed by atoms with E-state index < -0.39 is 23.5 Å². The van der Waals surface area contributed by atoms with Crippen molar-refractivity contribution in [1.82, 2.24) is 5.32 Å². The van der Waals surface area contributed by atoms with E-state index in [0.29, 0.717) is 0 Å². The van der Waals surface area contributed by atoms with Crippen molar-refractivity contribution in [1.29, 1.82) is 0 Å². The van der Waals surface area contributed by atoms with E-state index in [4.69, 9.17) is 10.5 Å². The number of hydrogen-bond acceptors (Lipinski definition) is 4. The second kappa shape index (κ2) is 8.57. The smallest absolute Gasteiger partial charge is 0.287 e. The molecule has 0 fully saturated rings. The Hall–Kier alpha value is 0.164. The first kappa shape index (κ1) is 22.4. The summed E-state index contributed by atoms with van der Waals surface area (Å²) in [7, 11) is 0. The van der Waals surface area contributed by atoms with Crippen LogP contribution in [0, 0.1) is 5.41 Å². The minimum absolute atomic E-state index is 0. The zero-order chi connectivity index (χ0) is 15.4. The molecule has 2 atom stereocenters. The SMILES string of the molecule is CC([NH-])C(=O)OCC(NC(C)(C)C)C(=O)C(C)(C)C.[Y]. The van der Waals surface area contributed by atoms with E-state index in [9.17, 15) is 9.59 Å². The molecule has 5 nitrogen and oxygen atoms in total. The van der Waals surface area contributed by atoms with Gasteiger partial charge in [-0.1, -0.05) is 27.7 Å². The molecule has 0 amide bonds. The first-order chi connectivity index (χ1) is 8.34. The molecular formula is C14H27N2O3Y-. The molecule has 0 aliphatic carbocycles. The molecule has 0 aromatic heterocycles. The summed E-state index contributed by atoms with van der Waals surface area (Å²) < 4.78 is 5.02. The van der Waals surface area contributed by atoms with Gasteiger partial charge in [-0.2, -0.15) is 0 Å². The average Bonchev–Trinajstić information content (AvgIpc) is 2.19. The molecule has 115 valence electrons. The van der Waals surface area contributed by atoms with Crippen LogP contribution < -0.4 is 5.32 Å². The van der Waals surface area contributed by atoms with Crippen LogP contribution in [0.1, 0.15) is 48.5 Å². The van der Waals surface area contributed by atoms with Crippen LogP contribution in [0.25, 0.3) is 5.73 Å². The number of nitrogens with one attached hydrogen (secondary N) is 2. The Morgan fingerprint density at radius 2 is 1.60 bits per heavy atom. The van der Waals surface area contributed by atoms with Crippen molar-refractivity contribution >= 4 is 11.8 Å². The van der Waals surface area contributed by atoms with E-state index in [1.807, 2.05) is 41.5 Å². The Morgan fingerprint density at radius 1 is 1.15 bits per heavy atom. The largest absolute Gasteiger partial charge is 0.666 e. The van der Waals surface area contributed by atoms with Gasteiger partial charge in [-0.15, -0.1) is 0 Å². The van der Waals surface area contributed by atoms with Crippen LogP contribution in [-0.2, 0) is 47.0 Å². The van der Waals surface area contributed by atoms with Gasteiger partial charge in [0.1, 0.15) is 12.6 Å². The van der Waals surface area contributed by atoms with Crippen LogP contribution in [0.3, 0.4) is 0 Å². The van der Waals surface area contributed by atoms with Gasteiger partial charge in [-0.05, 0) is 26.8 Å². The number of ketones is 1. The van der Waals surface area contributed by atoms with Crippen LogP contribution in [0.4, 0.5) is 0 Å². The maximum absolute atomic E-state index is 12.3. The number of hydrogen-bond donors (Lipinski definition) is 1. The Kier molecular flexibility index (Phi) is 9.62. The molecule has 0 aliphatic heterocycles. The Morgan fingerprint density at radius 3 is 1.90 bits per heavy atom. The number of esters is 1. The summed E-state index contributed by atoms with van der Waals surface area (Å²) in [6.07, 6.45) is 0. The molecule has 0 aromatic carbocycles. The second-order valence-electron chi connectivity index (χ2n) is 6.91. The van der Waals surface area contributed by atoms with Gasteiger partial charge in [-0.25, -0.2) is 0 Å². The van der Waals surface area contributed by atoms with Gasteiger partial charge in [0.05, 0.1) is 0 Å². The molecule has 0 aromatic rings. The molecule has 0 aliphatic rings. The zero-order valence-electron chi connectivity index (χ0n) is 13.7. The van der Waals surface area contributed by atoms with Crippen LogP contribution in [-0.4, -0.2) is 36.0 Å². The summed E-state index contributed by atoms with van der Waals surface area (Å²) in [6.45, 7) is 12.8. The molecule has 2 N–H and O–H groups in total. The first-order valence-electron chi connectivity index (χ1n) is 6.54. The van der Waals surface area contributed by atoms with Crippen LogP contribution in [0.15, 0.2) is 0 Å². The minimum Gasteiger partial charge on any atom is -0.666 e. The van der Waals surface area contributed by atoms with Gasteiger partial charge in [0.2, 0.25) is 0 Å². The summed E-state index contributed by atoms with van der Waals surface area (Å²) in [5, 5.41) is 3.17. The Bertz CT molecular complexity index is 330. The monoisotopic (exact) mass is 360 g/mol. The van der Waals surface area contributed by atoms with E-state index >= 15 is 0 Å². The molecule has 0 bridgehead atoms. The number of carbonyl (C=O) groups excluding carboxylic acids is 2. The van der Waals surface area contributed by atoms with Gasteiger partial charge in [0, 0.05) is 43.7 Å². The van der Waals surface area contributed by atoms with Gasteiger partial charge < -0.3 is 10.5 Å². The van der Waals surface area contributed by atoms with Gasteiger partial charge in [-0.3, -0.25) is 14.9 Å². The van der Waals surface area contributed by atoms with Crippen molar-refractivity contribution in [3.8, 4) is 0 Å². The summed E-state index contributed by atoms with van der Waals surface area (Å²) in [4.78, 5) is 23.7. The quantitative estimate of drug-likeness (QED) is 0.764. The van der Waals surface area contributed by atoms with E-state index in [1.54, 1.807) is 0 Å². The van der Waals surface area contributed by atoms with Crippen molar-refractivity contribution < 1.29 is 47.0 Å². The molecule has 0 heterocycles. The van der Waals surface area contributed by atoms with Crippen molar-refractivity contribution in [2.24, 2.45) is 5.41 Å². The normalized spacial score (nSPS) is 15.0. The van der Waals surface area contributed by atoms with Crippen molar-refractivity contribution in [2.45, 2.75) is 66.1 Å². The predicted octanol–water partition coefficient (Wildman–Crippen LogP) is 2.34. The number of carbonyl (C=O) groups is 2. The summed E-state index contributed by atoms with van der Waals surface area (Å²) in [5.41, 5.74) is 6.49. The third-order valence-electron chi connectivity index (χ3n) is 2.41. The molecule has 20 heavy (non-hydrogen) atoms. The van der Waals surface area contributed by atoms with Gasteiger partial charge in [0.25, 0.3) is 5.97 Å². The predicted molar refractivity (Wildman–Crippen MR) is 75.9 cm³/mol. The Labute approximate surface area is 147 Å². The van der Waals surface area contributed by atoms with Crippen LogP contribution in [0.5, 0.6) is 0 Å². The maximum atomic E-state index is 12.3. The maximum Gasteiger partial charge on any atom is 0.287 e. The number of Topliss-reactive ketones (excluding diaryl/α,β-unsaturated/α-hetero) is 1. The molecule has 6 heteroatoms. The third-order valence-corrected chi connectivity index (χ3v) is 2.41. The van der Waals surface area contributed by atoms with E-state index in [0.717, 1.165) is 0 Å². The van der Waals surface area contributed by atoms with Gasteiger partial charge >= 0.3 is 0 Å². The van der Waals surface area contributed by atoms with E-state index in [2.05, 4.69) is 5.32 Å². The zero-order valence-corrected chi connectivity index (χ0v) is 16.5. The van der Waals surface area contributed by atoms with Crippen molar-refractivity contribution in [2.75, 3.05) is 6.61 Å². The fourth-order valence-electron chi connectivity index (χ4n) is 1.52. The standard InChI is InChI=1S/C14H27N2O3.Y/c1-9(15)12(18)19-8-10(16-14(5,6)7)11(17)13(2,3)4;/h9-10,15-16H,8H2,1-7H3;/q-1;. The first-order valence-corrected chi connectivity index (χ1v) is 6.54. The molecule has 0 saturated heterocycles. The molecule has 1 radical (unpaired) electrons. The molecular weight excluding hydrogens is 333 g/mol. The Balaban J connectivity index is 0. The molecule has 0 spiro atoms. The fourth-order valence-corrected chi connectivity index (χ4v) is 1.52. The van der Waals surface area contributed by atoms with Crippen LogP contribution in [0.2, 0.25) is 0 Å².